The summed E-state index contributed by atoms with van der Waals surface area (Å²) < 4.78 is 280. The molecule has 0 aliphatic rings. The van der Waals surface area contributed by atoms with Crippen LogP contribution in [-0.4, -0.2) is 37.1 Å². The van der Waals surface area contributed by atoms with Gasteiger partial charge < -0.3 is 9.47 Å². The number of alkyl halides is 18. The molecule has 0 atom stereocenters. The molecule has 0 amide bonds. The van der Waals surface area contributed by atoms with Crippen molar-refractivity contribution in [3.05, 3.63) is 141 Å². The minimum atomic E-state index is -7.00. The van der Waals surface area contributed by atoms with Crippen LogP contribution in [0.5, 0.6) is 0 Å². The number of benzene rings is 4. The standard InChI is InChI=1S/C39H24F18N2O2/c1-21-3-13-27(15-29(21)32(36(46,47)48,37(49,50)51)60-19-25-9-5-23(17-58)6-10-25)31(34(40,41)42,35(43,44)45)28-14-4-22(2)30(16-28)33(38(52,53)54,39(55,56)57)61-20-26-11-7-24(18-59)8-12-26/h3-16H,19-20H2,1-2H3. The summed E-state index contributed by atoms with van der Waals surface area (Å²) in [5, 5.41) is 17.9. The third-order valence-corrected chi connectivity index (χ3v) is 9.62. The van der Waals surface area contributed by atoms with Crippen LogP contribution in [0.1, 0.15) is 55.6 Å². The summed E-state index contributed by atoms with van der Waals surface area (Å²) in [5.41, 5.74) is -31.2. The minimum Gasteiger partial charge on any atom is -0.349 e. The summed E-state index contributed by atoms with van der Waals surface area (Å²) in [7, 11) is 0. The van der Waals surface area contributed by atoms with Crippen LogP contribution < -0.4 is 0 Å². The molecule has 4 aromatic carbocycles. The van der Waals surface area contributed by atoms with E-state index in [1.54, 1.807) is 12.1 Å². The highest BCUT2D eigenvalue weighted by Crippen LogP contribution is 2.61. The zero-order valence-electron chi connectivity index (χ0n) is 30.5. The monoisotopic (exact) mass is 894 g/mol. The summed E-state index contributed by atoms with van der Waals surface area (Å²) in [6, 6.07) is 8.02. The van der Waals surface area contributed by atoms with E-state index < -0.39 is 124 Å². The van der Waals surface area contributed by atoms with Crippen LogP contribution in [0.25, 0.3) is 0 Å². The van der Waals surface area contributed by atoms with Crippen molar-refractivity contribution in [1.29, 1.82) is 10.5 Å². The molecular weight excluding hydrogens is 870 g/mol. The van der Waals surface area contributed by atoms with Crippen molar-refractivity contribution in [1.82, 2.24) is 0 Å². The van der Waals surface area contributed by atoms with Crippen molar-refractivity contribution in [3.8, 4) is 12.1 Å². The van der Waals surface area contributed by atoms with Gasteiger partial charge in [0, 0.05) is 11.1 Å². The van der Waals surface area contributed by atoms with Gasteiger partial charge in [0.25, 0.3) is 11.2 Å². The first-order valence-electron chi connectivity index (χ1n) is 16.7. The number of nitrogens with zero attached hydrogens (tertiary/aromatic N) is 2. The molecule has 0 saturated heterocycles. The maximum atomic E-state index is 15.4. The molecule has 0 bridgehead atoms. The fourth-order valence-corrected chi connectivity index (χ4v) is 6.60. The molecule has 4 aromatic rings. The quantitative estimate of drug-likeness (QED) is 0.149. The van der Waals surface area contributed by atoms with E-state index in [4.69, 9.17) is 10.5 Å². The Balaban J connectivity index is 2.12. The molecule has 4 rings (SSSR count). The van der Waals surface area contributed by atoms with Gasteiger partial charge in [-0.3, -0.25) is 0 Å². The van der Waals surface area contributed by atoms with Gasteiger partial charge in [-0.05, 0) is 71.5 Å². The number of nitriles is 2. The Kier molecular flexibility index (Phi) is 12.7. The number of halogens is 18. The molecule has 328 valence electrons. The van der Waals surface area contributed by atoms with Gasteiger partial charge in [0.15, 0.2) is 0 Å². The Morgan fingerprint density at radius 2 is 0.689 bits per heavy atom. The molecule has 0 aliphatic heterocycles. The van der Waals surface area contributed by atoms with E-state index in [0.29, 0.717) is 13.8 Å². The predicted molar refractivity (Wildman–Crippen MR) is 175 cm³/mol. The first kappa shape index (κ1) is 48.2. The van der Waals surface area contributed by atoms with Crippen molar-refractivity contribution in [3.63, 3.8) is 0 Å². The smallest absolute Gasteiger partial charge is 0.349 e. The fraction of sp³-hybridized carbons (Fsp3) is 0.333. The van der Waals surface area contributed by atoms with Crippen LogP contribution >= 0.6 is 0 Å². The van der Waals surface area contributed by atoms with E-state index >= 15 is 26.3 Å². The zero-order valence-corrected chi connectivity index (χ0v) is 30.5. The topological polar surface area (TPSA) is 66.0 Å². The van der Waals surface area contributed by atoms with Gasteiger partial charge in [-0.25, -0.2) is 0 Å². The number of ether oxygens (including phenoxy) is 2. The maximum absolute atomic E-state index is 15.4. The van der Waals surface area contributed by atoms with Crippen molar-refractivity contribution in [2.24, 2.45) is 0 Å². The lowest BCUT2D eigenvalue weighted by Crippen LogP contribution is -2.58. The van der Waals surface area contributed by atoms with Crippen LogP contribution in [0.3, 0.4) is 0 Å². The number of rotatable bonds is 10. The van der Waals surface area contributed by atoms with Crippen molar-refractivity contribution < 1.29 is 88.5 Å². The molecule has 0 N–H and O–H groups in total. The summed E-state index contributed by atoms with van der Waals surface area (Å²) in [5.74, 6) is 0. The molecular formula is C39H24F18N2O2. The number of hydrogen-bond acceptors (Lipinski definition) is 4. The average Bonchev–Trinajstić information content (AvgIpc) is 3.11. The largest absolute Gasteiger partial charge is 0.430 e. The van der Waals surface area contributed by atoms with Gasteiger partial charge in [-0.15, -0.1) is 0 Å². The second-order valence-corrected chi connectivity index (χ2v) is 13.4. The lowest BCUT2D eigenvalue weighted by Gasteiger charge is -2.42. The Morgan fingerprint density at radius 3 is 0.918 bits per heavy atom. The van der Waals surface area contributed by atoms with Crippen LogP contribution in [0.4, 0.5) is 79.0 Å². The summed E-state index contributed by atoms with van der Waals surface area (Å²) in [4.78, 5) is 0. The first-order chi connectivity index (χ1) is 27.8. The molecule has 0 spiro atoms. The van der Waals surface area contributed by atoms with Crippen LogP contribution in [0.2, 0.25) is 0 Å². The SMILES string of the molecule is Cc1ccc(C(c2ccc(C)c(C(OCc3ccc(C#N)cc3)(C(F)(F)F)C(F)(F)F)c2)(C(F)(F)F)C(F)(F)F)cc1C(OCc1ccc(C#N)cc1)(C(F)(F)F)C(F)(F)F. The van der Waals surface area contributed by atoms with E-state index in [-0.39, 0.29) is 35.4 Å². The third-order valence-electron chi connectivity index (χ3n) is 9.62. The van der Waals surface area contributed by atoms with Crippen molar-refractivity contribution >= 4 is 0 Å². The van der Waals surface area contributed by atoms with E-state index in [0.717, 1.165) is 48.5 Å². The van der Waals surface area contributed by atoms with E-state index in [1.165, 1.54) is 0 Å². The molecule has 0 saturated carbocycles. The van der Waals surface area contributed by atoms with Gasteiger partial charge in [-0.1, -0.05) is 60.7 Å². The molecule has 0 unspecified atom stereocenters. The Bertz CT molecular complexity index is 2100. The van der Waals surface area contributed by atoms with Crippen molar-refractivity contribution in [2.45, 2.75) is 80.7 Å². The third kappa shape index (κ3) is 8.31. The lowest BCUT2D eigenvalue weighted by molar-refractivity contribution is -0.393. The molecule has 22 heteroatoms. The molecule has 4 nitrogen and oxygen atoms in total. The van der Waals surface area contributed by atoms with Gasteiger partial charge in [0.2, 0.25) is 5.41 Å². The second kappa shape index (κ2) is 16.1. The Morgan fingerprint density at radius 1 is 0.410 bits per heavy atom. The predicted octanol–water partition coefficient (Wildman–Crippen LogP) is 12.5. The van der Waals surface area contributed by atoms with Gasteiger partial charge >= 0.3 is 37.1 Å². The molecule has 0 fully saturated rings. The molecule has 0 heterocycles. The number of hydrogen-bond donors (Lipinski definition) is 0. The fourth-order valence-electron chi connectivity index (χ4n) is 6.60. The second-order valence-electron chi connectivity index (χ2n) is 13.4. The Hall–Kier alpha value is -5.48. The van der Waals surface area contributed by atoms with Gasteiger partial charge in [0.1, 0.15) is 0 Å². The van der Waals surface area contributed by atoms with E-state index in [2.05, 4.69) is 9.47 Å². The minimum absolute atomic E-state index is 0.0281. The summed E-state index contributed by atoms with van der Waals surface area (Å²) in [6.45, 7) is -2.51. The lowest BCUT2D eigenvalue weighted by atomic mass is 9.70. The average molecular weight is 895 g/mol. The van der Waals surface area contributed by atoms with Crippen molar-refractivity contribution in [2.75, 3.05) is 0 Å². The highest BCUT2D eigenvalue weighted by Gasteiger charge is 2.77. The van der Waals surface area contributed by atoms with Crippen LogP contribution in [-0.2, 0) is 39.3 Å². The Labute approximate surface area is 332 Å². The highest BCUT2D eigenvalue weighted by atomic mass is 19.4. The van der Waals surface area contributed by atoms with Gasteiger partial charge in [-0.2, -0.15) is 89.6 Å². The molecule has 0 aromatic heterocycles. The van der Waals surface area contributed by atoms with Gasteiger partial charge in [0.05, 0.1) is 36.5 Å². The van der Waals surface area contributed by atoms with Crippen LogP contribution in [0.15, 0.2) is 84.9 Å². The van der Waals surface area contributed by atoms with E-state index in [1.807, 2.05) is 0 Å². The first-order valence-corrected chi connectivity index (χ1v) is 16.7. The van der Waals surface area contributed by atoms with E-state index in [9.17, 15) is 52.7 Å². The molecule has 61 heavy (non-hydrogen) atoms. The molecule has 0 radical (unpaired) electrons. The van der Waals surface area contributed by atoms with Crippen LogP contribution in [0, 0.1) is 36.5 Å². The molecule has 0 aliphatic carbocycles. The normalized spacial score (nSPS) is 13.8. The summed E-state index contributed by atoms with van der Waals surface area (Å²) in [6.07, 6.45) is -41.0. The number of aryl methyl sites for hydroxylation is 2. The highest BCUT2D eigenvalue weighted by molar-refractivity contribution is 5.52. The summed E-state index contributed by atoms with van der Waals surface area (Å²) >= 11 is 0. The maximum Gasteiger partial charge on any atom is 0.430 e. The zero-order chi connectivity index (χ0) is 46.4.